The molecule has 3 nitrogen and oxygen atoms in total. The van der Waals surface area contributed by atoms with E-state index < -0.39 is 5.97 Å². The minimum absolute atomic E-state index is 0.341. The van der Waals surface area contributed by atoms with Crippen molar-refractivity contribution in [3.8, 4) is 0 Å². The van der Waals surface area contributed by atoms with E-state index in [1.54, 1.807) is 12.1 Å². The van der Waals surface area contributed by atoms with Crippen LogP contribution in [0.3, 0.4) is 0 Å². The van der Waals surface area contributed by atoms with Gasteiger partial charge in [0.05, 0.1) is 5.56 Å². The average Bonchev–Trinajstić information content (AvgIpc) is 2.42. The van der Waals surface area contributed by atoms with Crippen LogP contribution >= 0.6 is 0 Å². The van der Waals surface area contributed by atoms with Crippen molar-refractivity contribution in [1.29, 1.82) is 0 Å². The second-order valence-electron chi connectivity index (χ2n) is 5.29. The molecule has 19 heavy (non-hydrogen) atoms. The Kier molecular flexibility index (Phi) is 6.57. The summed E-state index contributed by atoms with van der Waals surface area (Å²) in [7, 11) is 0. The molecule has 0 fully saturated rings. The van der Waals surface area contributed by atoms with Crippen LogP contribution < -0.4 is 5.32 Å². The normalized spacial score (nSPS) is 14.1. The number of rotatable bonds is 8. The van der Waals surface area contributed by atoms with Gasteiger partial charge < -0.3 is 10.4 Å². The summed E-state index contributed by atoms with van der Waals surface area (Å²) in [5, 5.41) is 12.3. The van der Waals surface area contributed by atoms with Crippen LogP contribution in [-0.4, -0.2) is 17.1 Å². The molecule has 0 bridgehead atoms. The Morgan fingerprint density at radius 2 is 1.89 bits per heavy atom. The maximum Gasteiger partial charge on any atom is 0.335 e. The lowest BCUT2D eigenvalue weighted by atomic mass is 9.97. The summed E-state index contributed by atoms with van der Waals surface area (Å²) in [4.78, 5) is 10.8. The third-order valence-electron chi connectivity index (χ3n) is 3.70. The molecule has 2 unspecified atom stereocenters. The lowest BCUT2D eigenvalue weighted by Gasteiger charge is -2.21. The van der Waals surface area contributed by atoms with E-state index in [0.717, 1.165) is 12.1 Å². The Bertz CT molecular complexity index is 386. The lowest BCUT2D eigenvalue weighted by molar-refractivity contribution is 0.0697. The van der Waals surface area contributed by atoms with Crippen LogP contribution in [0.25, 0.3) is 0 Å². The van der Waals surface area contributed by atoms with Crippen LogP contribution in [-0.2, 0) is 6.54 Å². The molecule has 0 saturated heterocycles. The third kappa shape index (κ3) is 5.43. The van der Waals surface area contributed by atoms with Crippen molar-refractivity contribution in [2.45, 2.75) is 52.6 Å². The number of unbranched alkanes of at least 4 members (excludes halogenated alkanes) is 1. The summed E-state index contributed by atoms with van der Waals surface area (Å²) in [6.07, 6.45) is 3.77. The SMILES string of the molecule is CCCCC(C)C(C)NCc1ccc(C(=O)O)cc1. The molecule has 106 valence electrons. The zero-order valence-electron chi connectivity index (χ0n) is 12.1. The predicted octanol–water partition coefficient (Wildman–Crippen LogP) is 3.69. The van der Waals surface area contributed by atoms with Crippen LogP contribution in [0.1, 0.15) is 56.0 Å². The zero-order chi connectivity index (χ0) is 14.3. The Balaban J connectivity index is 2.41. The molecule has 0 aromatic heterocycles. The van der Waals surface area contributed by atoms with Gasteiger partial charge in [0.1, 0.15) is 0 Å². The molecule has 1 rings (SSSR count). The minimum atomic E-state index is -0.874. The molecule has 0 spiro atoms. The summed E-state index contributed by atoms with van der Waals surface area (Å²) in [5.74, 6) is -0.209. The van der Waals surface area contributed by atoms with Gasteiger partial charge in [0.15, 0.2) is 0 Å². The van der Waals surface area contributed by atoms with E-state index in [-0.39, 0.29) is 0 Å². The summed E-state index contributed by atoms with van der Waals surface area (Å²) < 4.78 is 0. The number of hydrogen-bond donors (Lipinski definition) is 2. The molecule has 0 saturated carbocycles. The van der Waals surface area contributed by atoms with Gasteiger partial charge in [-0.25, -0.2) is 4.79 Å². The van der Waals surface area contributed by atoms with Crippen molar-refractivity contribution in [3.05, 3.63) is 35.4 Å². The highest BCUT2D eigenvalue weighted by Crippen LogP contribution is 2.13. The Morgan fingerprint density at radius 3 is 2.42 bits per heavy atom. The average molecular weight is 263 g/mol. The molecule has 2 atom stereocenters. The largest absolute Gasteiger partial charge is 0.478 e. The minimum Gasteiger partial charge on any atom is -0.478 e. The highest BCUT2D eigenvalue weighted by molar-refractivity contribution is 5.87. The molecule has 0 amide bonds. The second-order valence-corrected chi connectivity index (χ2v) is 5.29. The van der Waals surface area contributed by atoms with Gasteiger partial charge in [-0.3, -0.25) is 0 Å². The van der Waals surface area contributed by atoms with E-state index in [2.05, 4.69) is 26.1 Å². The van der Waals surface area contributed by atoms with E-state index in [4.69, 9.17) is 5.11 Å². The van der Waals surface area contributed by atoms with Crippen LogP contribution in [0.2, 0.25) is 0 Å². The van der Waals surface area contributed by atoms with Crippen LogP contribution in [0.15, 0.2) is 24.3 Å². The number of aromatic carboxylic acids is 1. The first-order valence-corrected chi connectivity index (χ1v) is 7.10. The monoisotopic (exact) mass is 263 g/mol. The maximum atomic E-state index is 10.8. The van der Waals surface area contributed by atoms with Crippen molar-refractivity contribution >= 4 is 5.97 Å². The first-order chi connectivity index (χ1) is 9.04. The van der Waals surface area contributed by atoms with Gasteiger partial charge in [-0.1, -0.05) is 38.8 Å². The van der Waals surface area contributed by atoms with Crippen LogP contribution in [0.5, 0.6) is 0 Å². The number of carboxylic acid groups (broad SMARTS) is 1. The van der Waals surface area contributed by atoms with E-state index in [1.807, 2.05) is 12.1 Å². The van der Waals surface area contributed by atoms with Crippen molar-refractivity contribution in [2.24, 2.45) is 5.92 Å². The smallest absolute Gasteiger partial charge is 0.335 e. The number of nitrogens with one attached hydrogen (secondary N) is 1. The fourth-order valence-corrected chi connectivity index (χ4v) is 2.02. The van der Waals surface area contributed by atoms with E-state index in [0.29, 0.717) is 17.5 Å². The number of carbonyl (C=O) groups is 1. The Morgan fingerprint density at radius 1 is 1.26 bits per heavy atom. The highest BCUT2D eigenvalue weighted by Gasteiger charge is 2.11. The molecule has 0 heterocycles. The Hall–Kier alpha value is -1.35. The van der Waals surface area contributed by atoms with Crippen molar-refractivity contribution < 1.29 is 9.90 Å². The maximum absolute atomic E-state index is 10.8. The molecule has 0 aliphatic carbocycles. The lowest BCUT2D eigenvalue weighted by Crippen LogP contribution is -2.31. The molecule has 0 aliphatic heterocycles. The van der Waals surface area contributed by atoms with Gasteiger partial charge in [-0.15, -0.1) is 0 Å². The molecule has 0 radical (unpaired) electrons. The van der Waals surface area contributed by atoms with E-state index in [9.17, 15) is 4.79 Å². The topological polar surface area (TPSA) is 49.3 Å². The third-order valence-corrected chi connectivity index (χ3v) is 3.70. The second kappa shape index (κ2) is 7.95. The fraction of sp³-hybridized carbons (Fsp3) is 0.562. The molecule has 1 aromatic carbocycles. The first kappa shape index (κ1) is 15.7. The highest BCUT2D eigenvalue weighted by atomic mass is 16.4. The van der Waals surface area contributed by atoms with E-state index in [1.165, 1.54) is 19.3 Å². The number of hydrogen-bond acceptors (Lipinski definition) is 2. The molecule has 0 aliphatic rings. The van der Waals surface area contributed by atoms with Crippen molar-refractivity contribution in [1.82, 2.24) is 5.32 Å². The van der Waals surface area contributed by atoms with Crippen LogP contribution in [0.4, 0.5) is 0 Å². The standard InChI is InChI=1S/C16H25NO2/c1-4-5-6-12(2)13(3)17-11-14-7-9-15(10-8-14)16(18)19/h7-10,12-13,17H,4-6,11H2,1-3H3,(H,18,19). The summed E-state index contributed by atoms with van der Waals surface area (Å²) in [6, 6.07) is 7.54. The summed E-state index contributed by atoms with van der Waals surface area (Å²) >= 11 is 0. The molecule has 3 heteroatoms. The van der Waals surface area contributed by atoms with Gasteiger partial charge in [-0.05, 0) is 37.0 Å². The van der Waals surface area contributed by atoms with Gasteiger partial charge >= 0.3 is 5.97 Å². The molecular formula is C16H25NO2. The number of benzene rings is 1. The summed E-state index contributed by atoms with van der Waals surface area (Å²) in [5.41, 5.74) is 1.47. The van der Waals surface area contributed by atoms with Gasteiger partial charge in [-0.2, -0.15) is 0 Å². The van der Waals surface area contributed by atoms with Gasteiger partial charge in [0.25, 0.3) is 0 Å². The quantitative estimate of drug-likeness (QED) is 0.752. The zero-order valence-corrected chi connectivity index (χ0v) is 12.1. The molecular weight excluding hydrogens is 238 g/mol. The predicted molar refractivity (Wildman–Crippen MR) is 78.4 cm³/mol. The fourth-order valence-electron chi connectivity index (χ4n) is 2.02. The van der Waals surface area contributed by atoms with Crippen molar-refractivity contribution in [3.63, 3.8) is 0 Å². The van der Waals surface area contributed by atoms with Gasteiger partial charge in [0, 0.05) is 12.6 Å². The Labute approximate surface area is 116 Å². The van der Waals surface area contributed by atoms with E-state index >= 15 is 0 Å². The summed E-state index contributed by atoms with van der Waals surface area (Å²) in [6.45, 7) is 7.50. The van der Waals surface area contributed by atoms with Gasteiger partial charge in [0.2, 0.25) is 0 Å². The van der Waals surface area contributed by atoms with Crippen molar-refractivity contribution in [2.75, 3.05) is 0 Å². The first-order valence-electron chi connectivity index (χ1n) is 7.10. The molecule has 1 aromatic rings. The number of carboxylic acids is 1. The van der Waals surface area contributed by atoms with Crippen LogP contribution in [0, 0.1) is 5.92 Å². The molecule has 2 N–H and O–H groups in total.